The van der Waals surface area contributed by atoms with E-state index in [9.17, 15) is 9.59 Å². The Kier molecular flexibility index (Phi) is 13.8. The number of ether oxygens (including phenoxy) is 1. The second-order valence-corrected chi connectivity index (χ2v) is 6.27. The zero-order chi connectivity index (χ0) is 20.8. The van der Waals surface area contributed by atoms with Gasteiger partial charge in [0.2, 0.25) is 0 Å². The summed E-state index contributed by atoms with van der Waals surface area (Å²) in [5.41, 5.74) is 0.860. The number of hydrogen-bond acceptors (Lipinski definition) is 4. The number of rotatable bonds is 6. The predicted molar refractivity (Wildman–Crippen MR) is 104 cm³/mol. The van der Waals surface area contributed by atoms with Gasteiger partial charge in [0.05, 0.1) is 11.6 Å². The van der Waals surface area contributed by atoms with E-state index in [1.54, 1.807) is 45.0 Å². The summed E-state index contributed by atoms with van der Waals surface area (Å²) in [6, 6.07) is 8.95. The van der Waals surface area contributed by atoms with Gasteiger partial charge in [-0.3, -0.25) is 9.59 Å². The van der Waals surface area contributed by atoms with Crippen LogP contribution in [0.1, 0.15) is 72.4 Å². The van der Waals surface area contributed by atoms with Crippen LogP contribution >= 0.6 is 0 Å². The number of esters is 1. The molecule has 0 aromatic heterocycles. The minimum absolute atomic E-state index is 0.0591. The summed E-state index contributed by atoms with van der Waals surface area (Å²) in [7, 11) is 0. The number of carboxylic acid groups (broad SMARTS) is 1. The number of hydrogen-bond donors (Lipinski definition) is 1. The first-order chi connectivity index (χ1) is 12.2. The summed E-state index contributed by atoms with van der Waals surface area (Å²) in [5, 5.41) is 17.8. The lowest BCUT2D eigenvalue weighted by atomic mass is 9.92. The molecule has 1 unspecified atom stereocenters. The molecule has 1 atom stereocenters. The molecule has 0 aliphatic rings. The molecule has 0 saturated heterocycles. The van der Waals surface area contributed by atoms with E-state index in [-0.39, 0.29) is 18.8 Å². The molecular weight excluding hydrogens is 330 g/mol. The van der Waals surface area contributed by atoms with Crippen LogP contribution in [0.2, 0.25) is 0 Å². The topological polar surface area (TPSA) is 87.4 Å². The van der Waals surface area contributed by atoms with Crippen LogP contribution in [0.4, 0.5) is 0 Å². The average Bonchev–Trinajstić information content (AvgIpc) is 2.57. The van der Waals surface area contributed by atoms with E-state index in [4.69, 9.17) is 15.1 Å². The highest BCUT2D eigenvalue weighted by molar-refractivity contribution is 5.72. The van der Waals surface area contributed by atoms with Crippen molar-refractivity contribution in [2.24, 2.45) is 5.92 Å². The third-order valence-electron chi connectivity index (χ3n) is 2.95. The molecule has 0 heterocycles. The number of nitriles is 1. The lowest BCUT2D eigenvalue weighted by molar-refractivity contribution is -0.156. The quantitative estimate of drug-likeness (QED) is 0.720. The molecule has 5 heteroatoms. The highest BCUT2D eigenvalue weighted by Gasteiger charge is 2.22. The Morgan fingerprint density at radius 2 is 1.58 bits per heavy atom. The molecule has 0 fully saturated rings. The molecule has 0 aliphatic heterocycles. The van der Waals surface area contributed by atoms with Crippen LogP contribution in [0.25, 0.3) is 0 Å². The fraction of sp³-hybridized carbons (Fsp3) is 0.571. The van der Waals surface area contributed by atoms with Crippen molar-refractivity contribution >= 4 is 11.9 Å². The molecule has 1 aromatic carbocycles. The second kappa shape index (κ2) is 13.9. The monoisotopic (exact) mass is 363 g/mol. The fourth-order valence-corrected chi connectivity index (χ4v) is 2.13. The van der Waals surface area contributed by atoms with E-state index in [0.29, 0.717) is 12.0 Å². The number of aliphatic carboxylic acids is 1. The highest BCUT2D eigenvalue weighted by atomic mass is 16.6. The Hall–Kier alpha value is -2.35. The van der Waals surface area contributed by atoms with Gasteiger partial charge in [-0.2, -0.15) is 5.26 Å². The summed E-state index contributed by atoms with van der Waals surface area (Å²) >= 11 is 0. The van der Waals surface area contributed by atoms with E-state index < -0.39 is 17.5 Å². The summed E-state index contributed by atoms with van der Waals surface area (Å²) in [6.45, 7) is 13.3. The van der Waals surface area contributed by atoms with Gasteiger partial charge in [0.25, 0.3) is 0 Å². The molecule has 146 valence electrons. The Bertz CT molecular complexity index is 565. The minimum Gasteiger partial charge on any atom is -0.481 e. The summed E-state index contributed by atoms with van der Waals surface area (Å²) in [5.74, 6) is -1.67. The maximum atomic E-state index is 11.9. The zero-order valence-corrected chi connectivity index (χ0v) is 17.1. The van der Waals surface area contributed by atoms with E-state index in [1.807, 2.05) is 33.8 Å². The first-order valence-electron chi connectivity index (χ1n) is 9.12. The lowest BCUT2D eigenvalue weighted by Crippen LogP contribution is -2.26. The Labute approximate surface area is 158 Å². The molecule has 0 saturated carbocycles. The number of carbonyl (C=O) groups is 2. The van der Waals surface area contributed by atoms with Crippen molar-refractivity contribution in [3.05, 3.63) is 35.4 Å². The minimum atomic E-state index is -0.942. The number of benzene rings is 1. The second-order valence-electron chi connectivity index (χ2n) is 6.27. The first-order valence-corrected chi connectivity index (χ1v) is 9.12. The van der Waals surface area contributed by atoms with Crippen LogP contribution in [0.5, 0.6) is 0 Å². The first kappa shape index (κ1) is 25.9. The standard InChI is InChI=1S/C17H21NO4.2C2H6/c1-17(2,3)22-16(21)10-14(9-15(19)20)8-12-4-6-13(11-18)7-5-12;2*1-2/h4-7,14H,8-10H2,1-3H3,(H,19,20);2*1-2H3. The SMILES string of the molecule is CC.CC.CC(C)(C)OC(=O)CC(CC(=O)O)Cc1ccc(C#N)cc1. The molecular formula is C21H33NO4. The Morgan fingerprint density at radius 1 is 1.08 bits per heavy atom. The number of carbonyl (C=O) groups excluding carboxylic acids is 1. The van der Waals surface area contributed by atoms with Crippen LogP contribution in [-0.4, -0.2) is 22.6 Å². The van der Waals surface area contributed by atoms with Crippen molar-refractivity contribution < 1.29 is 19.4 Å². The van der Waals surface area contributed by atoms with Gasteiger partial charge in [-0.15, -0.1) is 0 Å². The zero-order valence-electron chi connectivity index (χ0n) is 17.1. The molecule has 1 N–H and O–H groups in total. The third-order valence-corrected chi connectivity index (χ3v) is 2.95. The van der Waals surface area contributed by atoms with Crippen LogP contribution < -0.4 is 0 Å². The molecule has 26 heavy (non-hydrogen) atoms. The van der Waals surface area contributed by atoms with Crippen molar-refractivity contribution in [3.8, 4) is 6.07 Å². The lowest BCUT2D eigenvalue weighted by Gasteiger charge is -2.21. The molecule has 0 spiro atoms. The van der Waals surface area contributed by atoms with Crippen molar-refractivity contribution in [2.45, 2.75) is 73.3 Å². The van der Waals surface area contributed by atoms with Crippen LogP contribution in [0.15, 0.2) is 24.3 Å². The smallest absolute Gasteiger partial charge is 0.306 e. The summed E-state index contributed by atoms with van der Waals surface area (Å²) in [4.78, 5) is 22.9. The predicted octanol–water partition coefficient (Wildman–Crippen LogP) is 4.98. The van der Waals surface area contributed by atoms with Gasteiger partial charge in [0, 0.05) is 12.8 Å². The van der Waals surface area contributed by atoms with Gasteiger partial charge >= 0.3 is 11.9 Å². The van der Waals surface area contributed by atoms with Crippen molar-refractivity contribution in [3.63, 3.8) is 0 Å². The normalized spacial score (nSPS) is 10.8. The molecule has 0 amide bonds. The Balaban J connectivity index is 0. The van der Waals surface area contributed by atoms with Crippen molar-refractivity contribution in [1.82, 2.24) is 0 Å². The summed E-state index contributed by atoms with van der Waals surface area (Å²) in [6.07, 6.45) is 0.417. The van der Waals surface area contributed by atoms with Crippen LogP contribution in [0.3, 0.4) is 0 Å². The van der Waals surface area contributed by atoms with Crippen LogP contribution in [0, 0.1) is 17.2 Å². The van der Waals surface area contributed by atoms with E-state index >= 15 is 0 Å². The van der Waals surface area contributed by atoms with Gasteiger partial charge in [-0.1, -0.05) is 39.8 Å². The molecule has 5 nitrogen and oxygen atoms in total. The maximum Gasteiger partial charge on any atom is 0.306 e. The average molecular weight is 363 g/mol. The van der Waals surface area contributed by atoms with Gasteiger partial charge < -0.3 is 9.84 Å². The summed E-state index contributed by atoms with van der Waals surface area (Å²) < 4.78 is 5.25. The van der Waals surface area contributed by atoms with Gasteiger partial charge in [0.1, 0.15) is 5.60 Å². The Morgan fingerprint density at radius 3 is 1.96 bits per heavy atom. The molecule has 0 aliphatic carbocycles. The number of carboxylic acids is 1. The highest BCUT2D eigenvalue weighted by Crippen LogP contribution is 2.19. The fourth-order valence-electron chi connectivity index (χ4n) is 2.13. The van der Waals surface area contributed by atoms with Gasteiger partial charge in [-0.25, -0.2) is 0 Å². The van der Waals surface area contributed by atoms with Gasteiger partial charge in [-0.05, 0) is 50.8 Å². The van der Waals surface area contributed by atoms with Crippen molar-refractivity contribution in [1.29, 1.82) is 5.26 Å². The largest absolute Gasteiger partial charge is 0.481 e. The van der Waals surface area contributed by atoms with Crippen LogP contribution in [-0.2, 0) is 20.7 Å². The number of nitrogens with zero attached hydrogens (tertiary/aromatic N) is 1. The molecule has 0 bridgehead atoms. The maximum absolute atomic E-state index is 11.9. The molecule has 1 rings (SSSR count). The molecule has 1 aromatic rings. The van der Waals surface area contributed by atoms with Gasteiger partial charge in [0.15, 0.2) is 0 Å². The third kappa shape index (κ3) is 13.0. The molecule has 0 radical (unpaired) electrons. The van der Waals surface area contributed by atoms with Crippen molar-refractivity contribution in [2.75, 3.05) is 0 Å². The van der Waals surface area contributed by atoms with E-state index in [1.165, 1.54) is 0 Å². The van der Waals surface area contributed by atoms with E-state index in [2.05, 4.69) is 0 Å². The van der Waals surface area contributed by atoms with E-state index in [0.717, 1.165) is 5.56 Å².